The second kappa shape index (κ2) is 1.62. The third kappa shape index (κ3) is 0.800. The van der Waals surface area contributed by atoms with Crippen molar-refractivity contribution in [2.24, 2.45) is 0 Å². The van der Waals surface area contributed by atoms with Crippen LogP contribution >= 0.6 is 11.5 Å². The Hall–Kier alpha value is -0.370. The van der Waals surface area contributed by atoms with Gasteiger partial charge in [0.05, 0.1) is 0 Å². The van der Waals surface area contributed by atoms with Gasteiger partial charge < -0.3 is 0 Å². The molecule has 1 nitrogen and oxygen atoms in total. The Balaban J connectivity index is 3.12. The van der Waals surface area contributed by atoms with Crippen molar-refractivity contribution in [2.45, 2.75) is 13.8 Å². The molecular weight excluding hydrogens is 106 g/mol. The lowest BCUT2D eigenvalue weighted by Crippen LogP contribution is -1.61. The molecule has 0 radical (unpaired) electrons. The molecule has 1 rings (SSSR count). The van der Waals surface area contributed by atoms with Gasteiger partial charge in [0.2, 0.25) is 0 Å². The predicted octanol–water partition coefficient (Wildman–Crippen LogP) is 1.76. The molecule has 2 heteroatoms. The molecule has 7 heavy (non-hydrogen) atoms. The van der Waals surface area contributed by atoms with Crippen LogP contribution in [-0.2, 0) is 0 Å². The molecule has 0 saturated heterocycles. The van der Waals surface area contributed by atoms with E-state index in [1.807, 2.05) is 6.20 Å². The van der Waals surface area contributed by atoms with Gasteiger partial charge in [0.15, 0.2) is 0 Å². The highest BCUT2D eigenvalue weighted by Gasteiger charge is 1.88. The molecule has 1 aromatic heterocycles. The Morgan fingerprint density at radius 2 is 2.29 bits per heavy atom. The van der Waals surface area contributed by atoms with Crippen LogP contribution < -0.4 is 0 Å². The largest absolute Gasteiger partial charge is 0.201 e. The Bertz CT molecular complexity index is 140. The van der Waals surface area contributed by atoms with Crippen LogP contribution in [0.25, 0.3) is 0 Å². The molecule has 0 aromatic carbocycles. The van der Waals surface area contributed by atoms with E-state index in [9.17, 15) is 0 Å². The molecule has 0 aliphatic carbocycles. The molecule has 1 aromatic rings. The zero-order valence-electron chi connectivity index (χ0n) is 4.43. The molecule has 0 aliphatic rings. The monoisotopic (exact) mass is 113 g/mol. The normalized spacial score (nSPS) is 9.43. The fourth-order valence-electron chi connectivity index (χ4n) is 0.347. The maximum Gasteiger partial charge on any atom is 0.0438 e. The molecule has 0 N–H and O–H groups in total. The fraction of sp³-hybridized carbons (Fsp3) is 0.400. The number of rotatable bonds is 0. The number of aryl methyl sites for hydroxylation is 2. The summed E-state index contributed by atoms with van der Waals surface area (Å²) >= 11 is 1.55. The molecule has 0 bridgehead atoms. The lowest BCUT2D eigenvalue weighted by atomic mass is 10.3. The van der Waals surface area contributed by atoms with E-state index in [1.165, 1.54) is 10.4 Å². The zero-order chi connectivity index (χ0) is 5.28. The van der Waals surface area contributed by atoms with Gasteiger partial charge in [-0.25, -0.2) is 4.37 Å². The van der Waals surface area contributed by atoms with Crippen molar-refractivity contribution in [1.29, 1.82) is 0 Å². The van der Waals surface area contributed by atoms with E-state index in [-0.39, 0.29) is 0 Å². The predicted molar refractivity (Wildman–Crippen MR) is 31.6 cm³/mol. The van der Waals surface area contributed by atoms with E-state index in [0.29, 0.717) is 0 Å². The van der Waals surface area contributed by atoms with Gasteiger partial charge in [-0.2, -0.15) is 0 Å². The van der Waals surface area contributed by atoms with E-state index < -0.39 is 0 Å². The van der Waals surface area contributed by atoms with Gasteiger partial charge in [0, 0.05) is 11.1 Å². The van der Waals surface area contributed by atoms with Gasteiger partial charge in [0.1, 0.15) is 0 Å². The van der Waals surface area contributed by atoms with Crippen molar-refractivity contribution in [1.82, 2.24) is 4.37 Å². The number of hydrogen-bond donors (Lipinski definition) is 0. The molecule has 1 heterocycles. The van der Waals surface area contributed by atoms with Gasteiger partial charge in [-0.1, -0.05) is 0 Å². The van der Waals surface area contributed by atoms with E-state index in [1.54, 1.807) is 11.5 Å². The lowest BCUT2D eigenvalue weighted by molar-refractivity contribution is 1.40. The first-order valence-electron chi connectivity index (χ1n) is 2.18. The highest BCUT2D eigenvalue weighted by Crippen LogP contribution is 2.07. The number of nitrogens with zero attached hydrogens (tertiary/aromatic N) is 1. The quantitative estimate of drug-likeness (QED) is 0.499. The van der Waals surface area contributed by atoms with Crippen LogP contribution in [0.2, 0.25) is 0 Å². The smallest absolute Gasteiger partial charge is 0.0438 e. The Morgan fingerprint density at radius 1 is 1.57 bits per heavy atom. The molecule has 0 atom stereocenters. The molecule has 0 fully saturated rings. The summed E-state index contributed by atoms with van der Waals surface area (Å²) in [4.78, 5) is 1.32. The maximum absolute atomic E-state index is 3.96. The van der Waals surface area contributed by atoms with Crippen LogP contribution in [0.3, 0.4) is 0 Å². The minimum Gasteiger partial charge on any atom is -0.201 e. The first-order chi connectivity index (χ1) is 3.30. The van der Waals surface area contributed by atoms with E-state index in [4.69, 9.17) is 0 Å². The molecule has 0 unspecified atom stereocenters. The summed E-state index contributed by atoms with van der Waals surface area (Å²) < 4.78 is 3.96. The van der Waals surface area contributed by atoms with Crippen molar-refractivity contribution in [2.75, 3.05) is 0 Å². The van der Waals surface area contributed by atoms with Gasteiger partial charge >= 0.3 is 0 Å². The van der Waals surface area contributed by atoms with Crippen LogP contribution in [0.1, 0.15) is 10.4 Å². The number of aromatic nitrogens is 1. The van der Waals surface area contributed by atoms with Crippen molar-refractivity contribution in [3.8, 4) is 0 Å². The summed E-state index contributed by atoms with van der Waals surface area (Å²) in [5.41, 5.74) is 1.30. The Labute approximate surface area is 47.2 Å². The standard InChI is InChI=1S/C5H7NS/c1-4-3-6-7-5(4)2/h3H,1-2H3. The molecule has 0 amide bonds. The van der Waals surface area contributed by atoms with Crippen molar-refractivity contribution in [3.63, 3.8) is 0 Å². The van der Waals surface area contributed by atoms with Gasteiger partial charge in [0.25, 0.3) is 0 Å². The van der Waals surface area contributed by atoms with Gasteiger partial charge in [-0.3, -0.25) is 0 Å². The highest BCUT2D eigenvalue weighted by molar-refractivity contribution is 7.05. The average molecular weight is 113 g/mol. The maximum atomic E-state index is 3.96. The summed E-state index contributed by atoms with van der Waals surface area (Å²) in [5, 5.41) is 0. The molecule has 0 aliphatic heterocycles. The summed E-state index contributed by atoms with van der Waals surface area (Å²) in [6.45, 7) is 4.14. The van der Waals surface area contributed by atoms with Crippen molar-refractivity contribution in [3.05, 3.63) is 16.6 Å². The van der Waals surface area contributed by atoms with Crippen LogP contribution in [0.4, 0.5) is 0 Å². The average Bonchev–Trinajstić information content (AvgIpc) is 1.91. The second-order valence-corrected chi connectivity index (χ2v) is 2.57. The number of hydrogen-bond acceptors (Lipinski definition) is 2. The van der Waals surface area contributed by atoms with Gasteiger partial charge in [-0.05, 0) is 30.9 Å². The fourth-order valence-corrected chi connectivity index (χ4v) is 0.913. The molecule has 0 saturated carbocycles. The Morgan fingerprint density at radius 3 is 2.43 bits per heavy atom. The SMILES string of the molecule is Cc1cnsc1C. The van der Waals surface area contributed by atoms with E-state index in [0.717, 1.165) is 0 Å². The summed E-state index contributed by atoms with van der Waals surface area (Å²) in [6.07, 6.45) is 1.89. The van der Waals surface area contributed by atoms with Gasteiger partial charge in [-0.15, -0.1) is 0 Å². The first kappa shape index (κ1) is 4.78. The molecule has 0 spiro atoms. The molecular formula is C5H7NS. The second-order valence-electron chi connectivity index (χ2n) is 1.56. The Kier molecular flexibility index (Phi) is 1.11. The zero-order valence-corrected chi connectivity index (χ0v) is 5.25. The van der Waals surface area contributed by atoms with Crippen LogP contribution in [0.5, 0.6) is 0 Å². The third-order valence-corrected chi connectivity index (χ3v) is 1.80. The third-order valence-electron chi connectivity index (χ3n) is 0.991. The van der Waals surface area contributed by atoms with E-state index >= 15 is 0 Å². The topological polar surface area (TPSA) is 12.9 Å². The minimum atomic E-state index is 1.30. The van der Waals surface area contributed by atoms with Crippen LogP contribution in [0.15, 0.2) is 6.20 Å². The van der Waals surface area contributed by atoms with Crippen molar-refractivity contribution < 1.29 is 0 Å². The highest BCUT2D eigenvalue weighted by atomic mass is 32.1. The van der Waals surface area contributed by atoms with Crippen LogP contribution in [-0.4, -0.2) is 4.37 Å². The van der Waals surface area contributed by atoms with Crippen molar-refractivity contribution >= 4 is 11.5 Å². The lowest BCUT2D eigenvalue weighted by Gasteiger charge is -1.77. The first-order valence-corrected chi connectivity index (χ1v) is 2.96. The minimum absolute atomic E-state index is 1.30. The molecule has 38 valence electrons. The summed E-state index contributed by atoms with van der Waals surface area (Å²) in [5.74, 6) is 0. The van der Waals surface area contributed by atoms with E-state index in [2.05, 4.69) is 18.2 Å². The summed E-state index contributed by atoms with van der Waals surface area (Å²) in [7, 11) is 0. The van der Waals surface area contributed by atoms with Crippen LogP contribution in [0, 0.1) is 13.8 Å². The summed E-state index contributed by atoms with van der Waals surface area (Å²) in [6, 6.07) is 0.